The summed E-state index contributed by atoms with van der Waals surface area (Å²) in [5.41, 5.74) is 17.9. The average Bonchev–Trinajstić information content (AvgIpc) is 3.55. The van der Waals surface area contributed by atoms with Crippen LogP contribution in [0.25, 0.3) is 50.1 Å². The fraction of sp³-hybridized carbons (Fsp3) is 0.0952. The van der Waals surface area contributed by atoms with Crippen LogP contribution in [-0.4, -0.2) is 9.97 Å². The Hall–Kier alpha value is -5.34. The number of aromatic nitrogens is 2. The molecule has 0 saturated carbocycles. The van der Waals surface area contributed by atoms with Crippen molar-refractivity contribution in [1.82, 2.24) is 9.97 Å². The number of hydrogen-bond acceptors (Lipinski definition) is 2. The summed E-state index contributed by atoms with van der Waals surface area (Å²) in [6, 6.07) is 40.4. The van der Waals surface area contributed by atoms with E-state index in [0.29, 0.717) is 5.92 Å². The maximum absolute atomic E-state index is 4.42. The molecule has 4 aromatic carbocycles. The molecule has 2 nitrogen and oxygen atoms in total. The number of rotatable bonds is 3. The van der Waals surface area contributed by atoms with Crippen molar-refractivity contribution >= 4 is 5.57 Å². The second kappa shape index (κ2) is 9.59. The summed E-state index contributed by atoms with van der Waals surface area (Å²) in [4.78, 5) is 8.84. The van der Waals surface area contributed by atoms with Crippen molar-refractivity contribution in [1.29, 1.82) is 0 Å². The quantitative estimate of drug-likeness (QED) is 0.214. The zero-order valence-corrected chi connectivity index (χ0v) is 24.5. The molecule has 0 N–H and O–H groups in total. The van der Waals surface area contributed by atoms with Gasteiger partial charge in [0.05, 0.1) is 5.41 Å². The molecule has 0 amide bonds. The van der Waals surface area contributed by atoms with Crippen LogP contribution in [0.3, 0.4) is 0 Å². The van der Waals surface area contributed by atoms with Gasteiger partial charge in [0.25, 0.3) is 0 Å². The minimum atomic E-state index is -0.286. The first-order valence-corrected chi connectivity index (χ1v) is 15.4. The molecule has 0 fully saturated rings. The van der Waals surface area contributed by atoms with Crippen LogP contribution < -0.4 is 0 Å². The average molecular weight is 563 g/mol. The van der Waals surface area contributed by atoms with Crippen molar-refractivity contribution in [2.75, 3.05) is 0 Å². The molecule has 44 heavy (non-hydrogen) atoms. The molecule has 3 aliphatic carbocycles. The highest BCUT2D eigenvalue weighted by Gasteiger charge is 2.52. The van der Waals surface area contributed by atoms with E-state index < -0.39 is 0 Å². The summed E-state index contributed by atoms with van der Waals surface area (Å²) in [5, 5.41) is 0. The molecule has 6 aromatic rings. The molecule has 9 rings (SSSR count). The Morgan fingerprint density at radius 3 is 1.70 bits per heavy atom. The van der Waals surface area contributed by atoms with E-state index in [0.717, 1.165) is 28.7 Å². The lowest BCUT2D eigenvalue weighted by molar-refractivity contribution is 0.725. The van der Waals surface area contributed by atoms with E-state index in [2.05, 4.69) is 126 Å². The van der Waals surface area contributed by atoms with Crippen molar-refractivity contribution in [2.45, 2.75) is 18.8 Å². The fourth-order valence-corrected chi connectivity index (χ4v) is 7.92. The van der Waals surface area contributed by atoms with Crippen LogP contribution in [0.4, 0.5) is 0 Å². The molecular weight excluding hydrogens is 532 g/mol. The lowest BCUT2D eigenvalue weighted by Gasteiger charge is -2.32. The first-order valence-electron chi connectivity index (χ1n) is 15.4. The van der Waals surface area contributed by atoms with Gasteiger partial charge in [-0.15, -0.1) is 0 Å². The van der Waals surface area contributed by atoms with Gasteiger partial charge in [0.1, 0.15) is 0 Å². The summed E-state index contributed by atoms with van der Waals surface area (Å²) in [7, 11) is 0. The van der Waals surface area contributed by atoms with Crippen LogP contribution in [0.2, 0.25) is 0 Å². The van der Waals surface area contributed by atoms with Crippen LogP contribution in [0.15, 0.2) is 152 Å². The summed E-state index contributed by atoms with van der Waals surface area (Å²) >= 11 is 0. The van der Waals surface area contributed by atoms with Crippen LogP contribution in [-0.2, 0) is 5.41 Å². The van der Waals surface area contributed by atoms with E-state index in [4.69, 9.17) is 0 Å². The van der Waals surface area contributed by atoms with Crippen molar-refractivity contribution in [2.24, 2.45) is 5.92 Å². The molecule has 0 saturated heterocycles. The topological polar surface area (TPSA) is 25.8 Å². The van der Waals surface area contributed by atoms with Gasteiger partial charge < -0.3 is 0 Å². The van der Waals surface area contributed by atoms with Crippen LogP contribution in [0.5, 0.6) is 0 Å². The van der Waals surface area contributed by atoms with Gasteiger partial charge in [-0.25, -0.2) is 0 Å². The van der Waals surface area contributed by atoms with Crippen LogP contribution in [0.1, 0.15) is 35.6 Å². The highest BCUT2D eigenvalue weighted by Crippen LogP contribution is 2.63. The first kappa shape index (κ1) is 25.2. The second-order valence-electron chi connectivity index (χ2n) is 12.3. The van der Waals surface area contributed by atoms with E-state index in [9.17, 15) is 0 Å². The second-order valence-corrected chi connectivity index (χ2v) is 12.3. The largest absolute Gasteiger partial charge is 0.264 e. The van der Waals surface area contributed by atoms with Gasteiger partial charge in [-0.2, -0.15) is 0 Å². The lowest BCUT2D eigenvalue weighted by Crippen LogP contribution is -2.27. The SMILES string of the molecule is CC1C=CC2=C(C1)c1cc(-c3cc(-c4cccnc4)cc(-c4cccnc4)c3)ccc1C21c2ccccc2-c2ccccc21. The zero-order chi connectivity index (χ0) is 29.3. The number of nitrogens with zero attached hydrogens (tertiary/aromatic N) is 2. The molecule has 2 heteroatoms. The van der Waals surface area contributed by atoms with Gasteiger partial charge in [-0.3, -0.25) is 9.97 Å². The third-order valence-electron chi connectivity index (χ3n) is 9.80. The number of pyridine rings is 2. The van der Waals surface area contributed by atoms with E-state index >= 15 is 0 Å². The minimum absolute atomic E-state index is 0.286. The van der Waals surface area contributed by atoms with Crippen molar-refractivity contribution in [3.63, 3.8) is 0 Å². The third kappa shape index (κ3) is 3.55. The highest BCUT2D eigenvalue weighted by molar-refractivity contribution is 5.97. The fourth-order valence-electron chi connectivity index (χ4n) is 7.92. The van der Waals surface area contributed by atoms with Crippen molar-refractivity contribution < 1.29 is 0 Å². The van der Waals surface area contributed by atoms with Crippen molar-refractivity contribution in [3.8, 4) is 44.5 Å². The van der Waals surface area contributed by atoms with Gasteiger partial charge in [-0.1, -0.05) is 91.9 Å². The first-order chi connectivity index (χ1) is 21.7. The van der Waals surface area contributed by atoms with Gasteiger partial charge in [0.2, 0.25) is 0 Å². The molecule has 1 atom stereocenters. The van der Waals surface area contributed by atoms with Crippen LogP contribution in [0, 0.1) is 5.92 Å². The number of fused-ring (bicyclic) bond motifs is 9. The smallest absolute Gasteiger partial charge is 0.0722 e. The predicted molar refractivity (Wildman–Crippen MR) is 180 cm³/mol. The Morgan fingerprint density at radius 1 is 0.545 bits per heavy atom. The summed E-state index contributed by atoms with van der Waals surface area (Å²) in [6.45, 7) is 2.34. The Balaban J connectivity index is 1.29. The molecular formula is C42H30N2. The van der Waals surface area contributed by atoms with E-state index in [1.807, 2.05) is 36.9 Å². The molecule has 0 aliphatic heterocycles. The molecule has 208 valence electrons. The molecule has 3 aliphatic rings. The Bertz CT molecular complexity index is 2050. The standard InChI is InChI=1S/C42H30N2/c1-27-14-16-40-36(20-27)37-24-28(15-17-41(37)42(40)38-12-4-2-10-34(38)35-11-3-5-13-39(35)42)31-21-32(29-8-6-18-43-25-29)23-33(22-31)30-9-7-19-44-26-30/h2-19,21-27H,20H2,1H3. The Morgan fingerprint density at radius 2 is 1.11 bits per heavy atom. The van der Waals surface area contributed by atoms with E-state index in [1.165, 1.54) is 55.7 Å². The molecule has 0 radical (unpaired) electrons. The number of benzene rings is 4. The maximum atomic E-state index is 4.42. The van der Waals surface area contributed by atoms with Gasteiger partial charge >= 0.3 is 0 Å². The predicted octanol–water partition coefficient (Wildman–Crippen LogP) is 10.2. The van der Waals surface area contributed by atoms with Gasteiger partial charge in [0.15, 0.2) is 0 Å². The molecule has 2 heterocycles. The van der Waals surface area contributed by atoms with Gasteiger partial charge in [0, 0.05) is 35.9 Å². The molecule has 1 spiro atoms. The Labute approximate surface area is 258 Å². The summed E-state index contributed by atoms with van der Waals surface area (Å²) in [5.74, 6) is 0.499. The normalized spacial score (nSPS) is 16.9. The molecule has 2 aromatic heterocycles. The molecule has 0 bridgehead atoms. The maximum Gasteiger partial charge on any atom is 0.0722 e. The minimum Gasteiger partial charge on any atom is -0.264 e. The van der Waals surface area contributed by atoms with Crippen molar-refractivity contribution in [3.05, 3.63) is 174 Å². The van der Waals surface area contributed by atoms with Crippen LogP contribution >= 0.6 is 0 Å². The number of hydrogen-bond donors (Lipinski definition) is 0. The van der Waals surface area contributed by atoms with Gasteiger partial charge in [-0.05, 0) is 116 Å². The lowest BCUT2D eigenvalue weighted by atomic mass is 9.68. The Kier molecular flexibility index (Phi) is 5.49. The van der Waals surface area contributed by atoms with E-state index in [1.54, 1.807) is 0 Å². The summed E-state index contributed by atoms with van der Waals surface area (Å²) in [6.07, 6.45) is 13.4. The highest BCUT2D eigenvalue weighted by atomic mass is 14.6. The monoisotopic (exact) mass is 562 g/mol. The summed E-state index contributed by atoms with van der Waals surface area (Å²) < 4.78 is 0. The van der Waals surface area contributed by atoms with E-state index in [-0.39, 0.29) is 5.41 Å². The molecule has 1 unspecified atom stereocenters. The zero-order valence-electron chi connectivity index (χ0n) is 24.5. The number of allylic oxidation sites excluding steroid dienone is 4. The third-order valence-corrected chi connectivity index (χ3v) is 9.80.